The predicted octanol–water partition coefficient (Wildman–Crippen LogP) is 2.38. The Labute approximate surface area is 96.0 Å². The van der Waals surface area contributed by atoms with Crippen LogP contribution in [0.25, 0.3) is 6.08 Å². The molecule has 0 spiro atoms. The second kappa shape index (κ2) is 4.09. The summed E-state index contributed by atoms with van der Waals surface area (Å²) < 4.78 is 13.7. The molecular formula is C10H8ClFN2O2. The quantitative estimate of drug-likeness (QED) is 0.711. The molecule has 0 saturated carbocycles. The molecule has 0 radical (unpaired) electrons. The van der Waals surface area contributed by atoms with E-state index in [2.05, 4.69) is 4.98 Å². The molecule has 1 N–H and O–H groups in total. The van der Waals surface area contributed by atoms with Crippen molar-refractivity contribution in [3.05, 3.63) is 34.4 Å². The summed E-state index contributed by atoms with van der Waals surface area (Å²) in [6.45, 7) is 0.201. The number of nitrogens with zero attached hydrogens (tertiary/aromatic N) is 2. The molecule has 1 amide bonds. The summed E-state index contributed by atoms with van der Waals surface area (Å²) in [5.74, 6) is -0.656. The predicted molar refractivity (Wildman–Crippen MR) is 56.7 cm³/mol. The number of pyridine rings is 1. The van der Waals surface area contributed by atoms with Gasteiger partial charge in [-0.15, -0.1) is 0 Å². The first-order valence-corrected chi connectivity index (χ1v) is 4.94. The van der Waals surface area contributed by atoms with E-state index in [0.717, 1.165) is 4.90 Å². The van der Waals surface area contributed by atoms with Gasteiger partial charge in [0.05, 0.1) is 6.54 Å². The fourth-order valence-electron chi connectivity index (χ4n) is 1.52. The molecule has 2 rings (SSSR count). The van der Waals surface area contributed by atoms with Crippen LogP contribution in [0.3, 0.4) is 0 Å². The highest BCUT2D eigenvalue weighted by atomic mass is 35.5. The normalized spacial score (nSPS) is 14.5. The maximum atomic E-state index is 13.7. The zero-order chi connectivity index (χ0) is 11.7. The molecule has 0 unspecified atom stereocenters. The topological polar surface area (TPSA) is 53.4 Å². The standard InChI is InChI=1S/C10H8ClFN2O2/c11-9-8(12)7-5-14(10(15)16)3-1-2-6(7)4-13-9/h1-2,4H,3,5H2,(H,15,16). The summed E-state index contributed by atoms with van der Waals surface area (Å²) in [4.78, 5) is 15.6. The molecule has 6 heteroatoms. The van der Waals surface area contributed by atoms with Gasteiger partial charge in [-0.05, 0) is 0 Å². The minimum absolute atomic E-state index is 0.0221. The molecule has 1 aromatic rings. The third kappa shape index (κ3) is 1.86. The number of hydrogen-bond acceptors (Lipinski definition) is 2. The summed E-state index contributed by atoms with van der Waals surface area (Å²) in [6.07, 6.45) is 3.63. The van der Waals surface area contributed by atoms with Crippen LogP contribution in [0, 0.1) is 5.82 Å². The molecule has 0 fully saturated rings. The van der Waals surface area contributed by atoms with Gasteiger partial charge in [-0.3, -0.25) is 0 Å². The van der Waals surface area contributed by atoms with Crippen LogP contribution in [0.2, 0.25) is 5.15 Å². The lowest BCUT2D eigenvalue weighted by molar-refractivity contribution is 0.147. The summed E-state index contributed by atoms with van der Waals surface area (Å²) >= 11 is 5.55. The molecular weight excluding hydrogens is 235 g/mol. The second-order valence-corrected chi connectivity index (χ2v) is 3.72. The number of fused-ring (bicyclic) bond motifs is 1. The van der Waals surface area contributed by atoms with Crippen LogP contribution in [0.15, 0.2) is 12.3 Å². The average Bonchev–Trinajstić information content (AvgIpc) is 2.46. The Kier molecular flexibility index (Phi) is 2.78. The van der Waals surface area contributed by atoms with Gasteiger partial charge in [0.15, 0.2) is 11.0 Å². The van der Waals surface area contributed by atoms with Gasteiger partial charge in [0, 0.05) is 23.9 Å². The highest BCUT2D eigenvalue weighted by molar-refractivity contribution is 6.29. The fourth-order valence-corrected chi connectivity index (χ4v) is 1.69. The van der Waals surface area contributed by atoms with E-state index in [-0.39, 0.29) is 23.8 Å². The summed E-state index contributed by atoms with van der Waals surface area (Å²) in [6, 6.07) is 0. The van der Waals surface area contributed by atoms with E-state index in [1.54, 1.807) is 12.2 Å². The van der Waals surface area contributed by atoms with E-state index >= 15 is 0 Å². The number of aromatic nitrogens is 1. The highest BCUT2D eigenvalue weighted by Gasteiger charge is 2.20. The third-order valence-corrected chi connectivity index (χ3v) is 2.62. The van der Waals surface area contributed by atoms with Gasteiger partial charge in [0.25, 0.3) is 0 Å². The summed E-state index contributed by atoms with van der Waals surface area (Å²) in [5.41, 5.74) is 0.821. The molecule has 0 bridgehead atoms. The Hall–Kier alpha value is -1.62. The molecule has 0 atom stereocenters. The Morgan fingerprint density at radius 2 is 2.38 bits per heavy atom. The van der Waals surface area contributed by atoms with Crippen molar-refractivity contribution >= 4 is 23.8 Å². The molecule has 0 saturated heterocycles. The van der Waals surface area contributed by atoms with E-state index in [1.165, 1.54) is 6.20 Å². The third-order valence-electron chi connectivity index (χ3n) is 2.35. The van der Waals surface area contributed by atoms with Crippen molar-refractivity contribution < 1.29 is 14.3 Å². The average molecular weight is 243 g/mol. The van der Waals surface area contributed by atoms with Crippen molar-refractivity contribution in [2.45, 2.75) is 6.54 Å². The van der Waals surface area contributed by atoms with Gasteiger partial charge in [0.1, 0.15) is 0 Å². The first-order chi connectivity index (χ1) is 7.59. The molecule has 0 aliphatic carbocycles. The molecule has 16 heavy (non-hydrogen) atoms. The van der Waals surface area contributed by atoms with Gasteiger partial charge in [0.2, 0.25) is 0 Å². The van der Waals surface area contributed by atoms with Crippen LogP contribution in [-0.2, 0) is 6.54 Å². The van der Waals surface area contributed by atoms with Crippen molar-refractivity contribution in [3.8, 4) is 0 Å². The first-order valence-electron chi connectivity index (χ1n) is 4.57. The number of halogens is 2. The number of rotatable bonds is 0. The lowest BCUT2D eigenvalue weighted by atomic mass is 10.1. The molecule has 84 valence electrons. The number of carbonyl (C=O) groups is 1. The van der Waals surface area contributed by atoms with E-state index in [9.17, 15) is 9.18 Å². The Morgan fingerprint density at radius 3 is 3.06 bits per heavy atom. The van der Waals surface area contributed by atoms with Crippen LogP contribution in [-0.4, -0.2) is 27.6 Å². The van der Waals surface area contributed by atoms with Crippen LogP contribution < -0.4 is 0 Å². The molecule has 1 aromatic heterocycles. The highest BCUT2D eigenvalue weighted by Crippen LogP contribution is 2.23. The SMILES string of the molecule is O=C(O)N1CC=Cc2cnc(Cl)c(F)c2C1. The van der Waals surface area contributed by atoms with E-state index in [1.807, 2.05) is 0 Å². The Morgan fingerprint density at radius 1 is 1.62 bits per heavy atom. The first kappa shape index (κ1) is 10.9. The lowest BCUT2D eigenvalue weighted by Gasteiger charge is -2.16. The molecule has 1 aliphatic heterocycles. The van der Waals surface area contributed by atoms with Gasteiger partial charge < -0.3 is 10.0 Å². The largest absolute Gasteiger partial charge is 0.465 e. The second-order valence-electron chi connectivity index (χ2n) is 3.36. The molecule has 1 aliphatic rings. The van der Waals surface area contributed by atoms with Gasteiger partial charge >= 0.3 is 6.09 Å². The van der Waals surface area contributed by atoms with Gasteiger partial charge in [-0.25, -0.2) is 14.2 Å². The number of amides is 1. The maximum Gasteiger partial charge on any atom is 0.407 e. The van der Waals surface area contributed by atoms with Crippen molar-refractivity contribution in [3.63, 3.8) is 0 Å². The summed E-state index contributed by atoms with van der Waals surface area (Å²) in [5, 5.41) is 8.63. The van der Waals surface area contributed by atoms with Crippen molar-refractivity contribution in [2.75, 3.05) is 6.54 Å². The van der Waals surface area contributed by atoms with E-state index < -0.39 is 11.9 Å². The Balaban J connectivity index is 2.47. The smallest absolute Gasteiger partial charge is 0.407 e. The van der Waals surface area contributed by atoms with Gasteiger partial charge in [-0.2, -0.15) is 0 Å². The maximum absolute atomic E-state index is 13.7. The number of hydrogen-bond donors (Lipinski definition) is 1. The van der Waals surface area contributed by atoms with Crippen molar-refractivity contribution in [2.24, 2.45) is 0 Å². The van der Waals surface area contributed by atoms with E-state index in [0.29, 0.717) is 5.56 Å². The van der Waals surface area contributed by atoms with Crippen LogP contribution in [0.5, 0.6) is 0 Å². The van der Waals surface area contributed by atoms with E-state index in [4.69, 9.17) is 16.7 Å². The minimum Gasteiger partial charge on any atom is -0.465 e. The van der Waals surface area contributed by atoms with Gasteiger partial charge in [-0.1, -0.05) is 23.8 Å². The zero-order valence-electron chi connectivity index (χ0n) is 8.15. The van der Waals surface area contributed by atoms with Crippen LogP contribution in [0.1, 0.15) is 11.1 Å². The van der Waals surface area contributed by atoms with Crippen LogP contribution in [0.4, 0.5) is 9.18 Å². The fraction of sp³-hybridized carbons (Fsp3) is 0.200. The van der Waals surface area contributed by atoms with Crippen molar-refractivity contribution in [1.29, 1.82) is 0 Å². The zero-order valence-corrected chi connectivity index (χ0v) is 8.91. The molecule has 0 aromatic carbocycles. The monoisotopic (exact) mass is 242 g/mol. The lowest BCUT2D eigenvalue weighted by Crippen LogP contribution is -2.28. The molecule has 4 nitrogen and oxygen atoms in total. The van der Waals surface area contributed by atoms with Crippen molar-refractivity contribution in [1.82, 2.24) is 9.88 Å². The number of carboxylic acid groups (broad SMARTS) is 1. The Bertz CT molecular complexity index is 476. The van der Waals surface area contributed by atoms with Crippen LogP contribution >= 0.6 is 11.6 Å². The minimum atomic E-state index is -1.09. The summed E-state index contributed by atoms with van der Waals surface area (Å²) in [7, 11) is 0. The molecule has 2 heterocycles.